The number of hydrogen-bond donors (Lipinski definition) is 1. The highest BCUT2D eigenvalue weighted by Gasteiger charge is 2.32. The molecule has 1 fully saturated rings. The van der Waals surface area contributed by atoms with Crippen LogP contribution in [0.15, 0.2) is 35.8 Å². The fourth-order valence-electron chi connectivity index (χ4n) is 4.36. The SMILES string of the molecule is COc1c(-c2nccs2)cc(C(=O)CN2Cc3ccc(C4CC4)nc3C2=N)cc1C(C)(C)C. The highest BCUT2D eigenvalue weighted by Crippen LogP contribution is 2.42. The van der Waals surface area contributed by atoms with Crippen LogP contribution in [0.2, 0.25) is 0 Å². The van der Waals surface area contributed by atoms with Crippen LogP contribution in [0.4, 0.5) is 0 Å². The fraction of sp³-hybridized carbons (Fsp3) is 0.385. The molecular weight excluding hydrogens is 432 g/mol. The first-order chi connectivity index (χ1) is 15.8. The first-order valence-corrected chi connectivity index (χ1v) is 12.1. The second-order valence-corrected chi connectivity index (χ2v) is 10.7. The molecule has 5 rings (SSSR count). The second kappa shape index (κ2) is 8.06. The minimum Gasteiger partial charge on any atom is -0.496 e. The Hall–Kier alpha value is -3.06. The predicted octanol–water partition coefficient (Wildman–Crippen LogP) is 5.41. The van der Waals surface area contributed by atoms with Crippen LogP contribution in [-0.4, -0.2) is 40.1 Å². The molecule has 7 heteroatoms. The number of carbonyl (C=O) groups is 1. The molecule has 2 aliphatic rings. The molecule has 6 nitrogen and oxygen atoms in total. The number of Topliss-reactive ketones (excluding diaryl/α,β-unsaturated/α-hetero) is 1. The van der Waals surface area contributed by atoms with Crippen LogP contribution in [0.3, 0.4) is 0 Å². The van der Waals surface area contributed by atoms with E-state index in [1.807, 2.05) is 22.4 Å². The summed E-state index contributed by atoms with van der Waals surface area (Å²) in [5, 5.41) is 11.4. The molecule has 1 saturated carbocycles. The molecule has 1 aromatic carbocycles. The molecule has 0 radical (unpaired) electrons. The van der Waals surface area contributed by atoms with Crippen molar-refractivity contribution >= 4 is 23.0 Å². The van der Waals surface area contributed by atoms with Gasteiger partial charge in [-0.25, -0.2) is 9.97 Å². The number of ether oxygens (including phenoxy) is 1. The summed E-state index contributed by atoms with van der Waals surface area (Å²) in [7, 11) is 1.66. The van der Waals surface area contributed by atoms with Gasteiger partial charge in [-0.05, 0) is 36.5 Å². The Morgan fingerprint density at radius 1 is 1.27 bits per heavy atom. The molecule has 1 aliphatic carbocycles. The second-order valence-electron chi connectivity index (χ2n) is 9.84. The van der Waals surface area contributed by atoms with Crippen molar-refractivity contribution in [2.75, 3.05) is 13.7 Å². The fourth-order valence-corrected chi connectivity index (χ4v) is 5.01. The number of methoxy groups -OCH3 is 1. The smallest absolute Gasteiger partial charge is 0.182 e. The third-order valence-electron chi connectivity index (χ3n) is 6.32. The molecular formula is C26H28N4O2S. The van der Waals surface area contributed by atoms with Gasteiger partial charge in [-0.1, -0.05) is 26.8 Å². The van der Waals surface area contributed by atoms with Crippen molar-refractivity contribution in [3.8, 4) is 16.3 Å². The zero-order valence-electron chi connectivity index (χ0n) is 19.4. The van der Waals surface area contributed by atoms with Gasteiger partial charge in [0.05, 0.1) is 19.2 Å². The molecule has 1 aliphatic heterocycles. The van der Waals surface area contributed by atoms with Gasteiger partial charge in [-0.3, -0.25) is 10.2 Å². The Kier molecular flexibility index (Phi) is 5.32. The number of thiazole rings is 1. The Balaban J connectivity index is 1.46. The molecule has 0 bridgehead atoms. The number of amidine groups is 1. The minimum absolute atomic E-state index is 0.0269. The van der Waals surface area contributed by atoms with Gasteiger partial charge in [0.2, 0.25) is 0 Å². The molecule has 3 heterocycles. The molecule has 0 saturated heterocycles. The molecule has 0 spiro atoms. The Bertz CT molecular complexity index is 1240. The standard InChI is InChI=1S/C26H28N4O2S/c1-26(2,3)19-12-17(11-18(23(19)32-4)25-28-9-10-33-25)21(31)14-30-13-16-7-8-20(15-5-6-15)29-22(16)24(30)27/h7-12,15,27H,5-6,13-14H2,1-4H3. The van der Waals surface area contributed by atoms with Crippen molar-refractivity contribution in [1.82, 2.24) is 14.9 Å². The number of benzene rings is 1. The number of ketones is 1. The predicted molar refractivity (Wildman–Crippen MR) is 131 cm³/mol. The molecule has 0 amide bonds. The van der Waals surface area contributed by atoms with Crippen LogP contribution < -0.4 is 4.74 Å². The third kappa shape index (κ3) is 4.06. The van der Waals surface area contributed by atoms with Gasteiger partial charge in [0.1, 0.15) is 22.3 Å². The Labute approximate surface area is 198 Å². The summed E-state index contributed by atoms with van der Waals surface area (Å²) in [6.07, 6.45) is 4.11. The Morgan fingerprint density at radius 2 is 2.06 bits per heavy atom. The summed E-state index contributed by atoms with van der Waals surface area (Å²) >= 11 is 1.52. The first kappa shape index (κ1) is 21.8. The van der Waals surface area contributed by atoms with Gasteiger partial charge < -0.3 is 9.64 Å². The lowest BCUT2D eigenvalue weighted by molar-refractivity contribution is 0.0962. The van der Waals surface area contributed by atoms with Crippen molar-refractivity contribution in [3.05, 3.63) is 63.9 Å². The van der Waals surface area contributed by atoms with Crippen molar-refractivity contribution < 1.29 is 9.53 Å². The number of nitrogens with one attached hydrogen (secondary N) is 1. The maximum absolute atomic E-state index is 13.5. The normalized spacial score (nSPS) is 15.6. The van der Waals surface area contributed by atoms with Crippen LogP contribution in [0, 0.1) is 5.41 Å². The maximum atomic E-state index is 13.5. The van der Waals surface area contributed by atoms with Crippen LogP contribution >= 0.6 is 11.3 Å². The summed E-state index contributed by atoms with van der Waals surface area (Å²) < 4.78 is 5.79. The molecule has 1 N–H and O–H groups in total. The van der Waals surface area contributed by atoms with E-state index in [1.54, 1.807) is 13.3 Å². The lowest BCUT2D eigenvalue weighted by atomic mass is 9.83. The monoisotopic (exact) mass is 460 g/mol. The molecule has 3 aromatic rings. The maximum Gasteiger partial charge on any atom is 0.182 e. The van der Waals surface area contributed by atoms with Crippen LogP contribution in [0.25, 0.3) is 10.6 Å². The molecule has 33 heavy (non-hydrogen) atoms. The van der Waals surface area contributed by atoms with E-state index in [4.69, 9.17) is 15.1 Å². The molecule has 0 unspecified atom stereocenters. The number of fused-ring (bicyclic) bond motifs is 1. The summed E-state index contributed by atoms with van der Waals surface area (Å²) in [5.74, 6) is 1.61. The highest BCUT2D eigenvalue weighted by molar-refractivity contribution is 7.13. The van der Waals surface area contributed by atoms with E-state index >= 15 is 0 Å². The van der Waals surface area contributed by atoms with Crippen LogP contribution in [-0.2, 0) is 12.0 Å². The van der Waals surface area contributed by atoms with E-state index in [9.17, 15) is 4.79 Å². The van der Waals surface area contributed by atoms with E-state index in [0.717, 1.165) is 38.8 Å². The molecule has 2 aromatic heterocycles. The van der Waals surface area contributed by atoms with Gasteiger partial charge >= 0.3 is 0 Å². The van der Waals surface area contributed by atoms with Gasteiger partial charge in [0.15, 0.2) is 5.78 Å². The van der Waals surface area contributed by atoms with Gasteiger partial charge in [-0.2, -0.15) is 0 Å². The molecule has 170 valence electrons. The Morgan fingerprint density at radius 3 is 2.70 bits per heavy atom. The quantitative estimate of drug-likeness (QED) is 0.498. The summed E-state index contributed by atoms with van der Waals surface area (Å²) in [4.78, 5) is 24.5. The average molecular weight is 461 g/mol. The van der Waals surface area contributed by atoms with E-state index in [2.05, 4.69) is 37.9 Å². The first-order valence-electron chi connectivity index (χ1n) is 11.3. The zero-order valence-corrected chi connectivity index (χ0v) is 20.3. The van der Waals surface area contributed by atoms with Gasteiger partial charge in [-0.15, -0.1) is 11.3 Å². The van der Waals surface area contributed by atoms with E-state index in [-0.39, 0.29) is 17.7 Å². The number of carbonyl (C=O) groups excluding carboxylic acids is 1. The lowest BCUT2D eigenvalue weighted by Gasteiger charge is -2.25. The van der Waals surface area contributed by atoms with Crippen molar-refractivity contribution in [1.29, 1.82) is 5.41 Å². The molecule has 0 atom stereocenters. The van der Waals surface area contributed by atoms with E-state index < -0.39 is 0 Å². The van der Waals surface area contributed by atoms with E-state index in [0.29, 0.717) is 23.9 Å². The summed E-state index contributed by atoms with van der Waals surface area (Å²) in [6, 6.07) is 7.97. The average Bonchev–Trinajstić information content (AvgIpc) is 3.40. The minimum atomic E-state index is -0.215. The highest BCUT2D eigenvalue weighted by atomic mass is 32.1. The van der Waals surface area contributed by atoms with Gasteiger partial charge in [0.25, 0.3) is 0 Å². The number of nitrogens with zero attached hydrogens (tertiary/aromatic N) is 3. The van der Waals surface area contributed by atoms with Crippen molar-refractivity contribution in [3.63, 3.8) is 0 Å². The number of hydrogen-bond acceptors (Lipinski definition) is 6. The third-order valence-corrected chi connectivity index (χ3v) is 7.12. The zero-order chi connectivity index (χ0) is 23.3. The number of aromatic nitrogens is 2. The van der Waals surface area contributed by atoms with Crippen LogP contribution in [0.5, 0.6) is 5.75 Å². The van der Waals surface area contributed by atoms with Crippen molar-refractivity contribution in [2.45, 2.75) is 51.5 Å². The van der Waals surface area contributed by atoms with Crippen molar-refractivity contribution in [2.24, 2.45) is 0 Å². The van der Waals surface area contributed by atoms with Crippen LogP contribution in [0.1, 0.15) is 72.4 Å². The van der Waals surface area contributed by atoms with Gasteiger partial charge in [0, 0.05) is 46.4 Å². The largest absolute Gasteiger partial charge is 0.496 e. The topological polar surface area (TPSA) is 79.2 Å². The van der Waals surface area contributed by atoms with E-state index in [1.165, 1.54) is 24.2 Å². The summed E-state index contributed by atoms with van der Waals surface area (Å²) in [5.41, 5.74) is 5.01. The number of pyridine rings is 1. The summed E-state index contributed by atoms with van der Waals surface area (Å²) in [6.45, 7) is 7.02. The number of rotatable bonds is 6. The lowest BCUT2D eigenvalue weighted by Crippen LogP contribution is -2.30.